The Morgan fingerprint density at radius 3 is 2.53 bits per heavy atom. The molecule has 4 rings (SSSR count). The van der Waals surface area contributed by atoms with Gasteiger partial charge in [0.15, 0.2) is 0 Å². The van der Waals surface area contributed by atoms with Crippen LogP contribution in [-0.2, 0) is 29.5 Å². The van der Waals surface area contributed by atoms with Gasteiger partial charge in [-0.15, -0.1) is 11.3 Å². The number of nitrogens with zero attached hydrogens (tertiary/aromatic N) is 1. The number of fused-ring (bicyclic) bond motifs is 1. The number of benzene rings is 2. The van der Waals surface area contributed by atoms with Gasteiger partial charge in [0.1, 0.15) is 15.5 Å². The van der Waals surface area contributed by atoms with Crippen LogP contribution in [0.15, 0.2) is 64.9 Å². The van der Waals surface area contributed by atoms with E-state index >= 15 is 0 Å². The first kappa shape index (κ1) is 22.5. The second kappa shape index (κ2) is 9.44. The van der Waals surface area contributed by atoms with E-state index in [1.807, 2.05) is 62.4 Å². The smallest absolute Gasteiger partial charge is 0.263 e. The van der Waals surface area contributed by atoms with Crippen LogP contribution in [0, 0.1) is 0 Å². The summed E-state index contributed by atoms with van der Waals surface area (Å²) in [6.45, 7) is 4.95. The molecular weight excluding hydrogens is 444 g/mol. The first-order valence-electron chi connectivity index (χ1n) is 10.5. The van der Waals surface area contributed by atoms with Crippen molar-refractivity contribution in [1.82, 2.24) is 9.62 Å². The molecule has 1 N–H and O–H groups in total. The quantitative estimate of drug-likeness (QED) is 0.561. The Bertz CT molecular complexity index is 1200. The molecule has 3 aromatic rings. The predicted octanol–water partition coefficient (Wildman–Crippen LogP) is 4.21. The lowest BCUT2D eigenvalue weighted by atomic mass is 10.0. The fourth-order valence-corrected chi connectivity index (χ4v) is 6.44. The zero-order valence-corrected chi connectivity index (χ0v) is 19.7. The summed E-state index contributed by atoms with van der Waals surface area (Å²) in [5.74, 6) is 0.378. The van der Waals surface area contributed by atoms with Gasteiger partial charge in [-0.05, 0) is 60.5 Å². The molecule has 0 saturated carbocycles. The summed E-state index contributed by atoms with van der Waals surface area (Å²) in [6.07, 6.45) is 0.755. The third kappa shape index (κ3) is 4.87. The molecule has 0 fully saturated rings. The van der Waals surface area contributed by atoms with E-state index in [0.29, 0.717) is 26.1 Å². The molecule has 6 nitrogen and oxygen atoms in total. The first-order chi connectivity index (χ1) is 15.3. The predicted molar refractivity (Wildman–Crippen MR) is 125 cm³/mol. The number of thiophene rings is 1. The molecule has 0 radical (unpaired) electrons. The number of rotatable bonds is 7. The molecule has 0 spiro atoms. The molecule has 0 aliphatic carbocycles. The van der Waals surface area contributed by atoms with Crippen LogP contribution in [0.5, 0.6) is 5.75 Å². The van der Waals surface area contributed by atoms with Crippen LogP contribution in [0.1, 0.15) is 40.2 Å². The highest BCUT2D eigenvalue weighted by Gasteiger charge is 2.32. The number of sulfonamides is 1. The van der Waals surface area contributed by atoms with E-state index < -0.39 is 15.9 Å². The summed E-state index contributed by atoms with van der Waals surface area (Å²) in [7, 11) is -3.77. The molecule has 2 aromatic carbocycles. The van der Waals surface area contributed by atoms with Gasteiger partial charge in [0.05, 0.1) is 6.10 Å². The highest BCUT2D eigenvalue weighted by molar-refractivity contribution is 7.89. The molecule has 8 heteroatoms. The minimum Gasteiger partial charge on any atom is -0.491 e. The minimum atomic E-state index is -3.77. The Balaban J connectivity index is 1.45. The van der Waals surface area contributed by atoms with Gasteiger partial charge in [-0.25, -0.2) is 8.42 Å². The Hall–Kier alpha value is -2.68. The van der Waals surface area contributed by atoms with Crippen molar-refractivity contribution in [2.24, 2.45) is 0 Å². The van der Waals surface area contributed by atoms with Crippen molar-refractivity contribution in [3.8, 4) is 5.75 Å². The molecule has 1 aliphatic heterocycles. The highest BCUT2D eigenvalue weighted by Crippen LogP contribution is 2.29. The lowest BCUT2D eigenvalue weighted by Gasteiger charge is -2.28. The average Bonchev–Trinajstić information content (AvgIpc) is 3.29. The van der Waals surface area contributed by atoms with E-state index in [1.54, 1.807) is 5.38 Å². The third-order valence-electron chi connectivity index (χ3n) is 5.30. The van der Waals surface area contributed by atoms with Crippen LogP contribution < -0.4 is 10.1 Å². The van der Waals surface area contributed by atoms with Gasteiger partial charge in [-0.2, -0.15) is 4.31 Å². The monoisotopic (exact) mass is 470 g/mol. The van der Waals surface area contributed by atoms with Crippen LogP contribution in [0.25, 0.3) is 0 Å². The van der Waals surface area contributed by atoms with Crippen LogP contribution >= 0.6 is 11.3 Å². The van der Waals surface area contributed by atoms with E-state index in [-0.39, 0.29) is 15.9 Å². The maximum atomic E-state index is 13.3. The second-order valence-electron chi connectivity index (χ2n) is 7.96. The number of ether oxygens (including phenoxy) is 1. The lowest BCUT2D eigenvalue weighted by molar-refractivity contribution is 0.0952. The molecule has 1 amide bonds. The minimum absolute atomic E-state index is 0.0695. The van der Waals surface area contributed by atoms with Crippen molar-refractivity contribution < 1.29 is 17.9 Å². The Morgan fingerprint density at radius 1 is 1.09 bits per heavy atom. The van der Waals surface area contributed by atoms with Gasteiger partial charge in [-0.1, -0.05) is 36.4 Å². The molecule has 1 aliphatic rings. The number of carbonyl (C=O) groups excluding carboxylic acids is 1. The van der Waals surface area contributed by atoms with E-state index in [1.165, 1.54) is 15.9 Å². The number of amides is 1. The van der Waals surface area contributed by atoms with Crippen molar-refractivity contribution >= 4 is 27.3 Å². The van der Waals surface area contributed by atoms with Gasteiger partial charge in [-0.3, -0.25) is 4.79 Å². The number of hydrogen-bond acceptors (Lipinski definition) is 5. The third-order valence-corrected chi connectivity index (χ3v) is 8.23. The van der Waals surface area contributed by atoms with Gasteiger partial charge in [0, 0.05) is 19.6 Å². The van der Waals surface area contributed by atoms with Gasteiger partial charge in [0.2, 0.25) is 10.0 Å². The SMILES string of the molecule is CC(C)Oc1ccc(CNC(=O)c2sccc2S(=O)(=O)N2CCc3ccccc3C2)cc1. The molecular formula is C24H26N2O4S2. The molecule has 1 aromatic heterocycles. The van der Waals surface area contributed by atoms with Gasteiger partial charge >= 0.3 is 0 Å². The Morgan fingerprint density at radius 2 is 1.81 bits per heavy atom. The second-order valence-corrected chi connectivity index (χ2v) is 10.8. The molecule has 0 saturated heterocycles. The lowest BCUT2D eigenvalue weighted by Crippen LogP contribution is -2.36. The average molecular weight is 471 g/mol. The Labute approximate surface area is 192 Å². The summed E-state index contributed by atoms with van der Waals surface area (Å²) in [4.78, 5) is 13.1. The summed E-state index contributed by atoms with van der Waals surface area (Å²) in [5.41, 5.74) is 3.09. The highest BCUT2D eigenvalue weighted by atomic mass is 32.2. The first-order valence-corrected chi connectivity index (χ1v) is 12.8. The number of hydrogen-bond donors (Lipinski definition) is 1. The largest absolute Gasteiger partial charge is 0.491 e. The van der Waals surface area contributed by atoms with Gasteiger partial charge < -0.3 is 10.1 Å². The molecule has 2 heterocycles. The molecule has 0 atom stereocenters. The summed E-state index contributed by atoms with van der Waals surface area (Å²) >= 11 is 1.14. The topological polar surface area (TPSA) is 75.7 Å². The molecule has 0 unspecified atom stereocenters. The van der Waals surface area contributed by atoms with E-state index in [4.69, 9.17) is 4.74 Å². The fourth-order valence-electron chi connectivity index (χ4n) is 3.70. The molecule has 32 heavy (non-hydrogen) atoms. The standard InChI is InChI=1S/C24H26N2O4S2/c1-17(2)30-21-9-7-18(8-10-21)15-25-24(27)23-22(12-14-31-23)32(28,29)26-13-11-19-5-3-4-6-20(19)16-26/h3-10,12,14,17H,11,13,15-16H2,1-2H3,(H,25,27). The molecule has 0 bridgehead atoms. The van der Waals surface area contributed by atoms with Crippen molar-refractivity contribution in [2.45, 2.75) is 44.4 Å². The maximum Gasteiger partial charge on any atom is 0.263 e. The normalized spacial score (nSPS) is 14.2. The zero-order chi connectivity index (χ0) is 22.7. The van der Waals surface area contributed by atoms with Gasteiger partial charge in [0.25, 0.3) is 5.91 Å². The fraction of sp³-hybridized carbons (Fsp3) is 0.292. The summed E-state index contributed by atoms with van der Waals surface area (Å²) in [6, 6.07) is 16.9. The van der Waals surface area contributed by atoms with Crippen LogP contribution in [0.3, 0.4) is 0 Å². The zero-order valence-electron chi connectivity index (χ0n) is 18.1. The van der Waals surface area contributed by atoms with E-state index in [2.05, 4.69) is 5.32 Å². The number of carbonyl (C=O) groups is 1. The van der Waals surface area contributed by atoms with Crippen molar-refractivity contribution in [1.29, 1.82) is 0 Å². The number of nitrogens with one attached hydrogen (secondary N) is 1. The molecule has 168 valence electrons. The van der Waals surface area contributed by atoms with E-state index in [0.717, 1.165) is 28.2 Å². The van der Waals surface area contributed by atoms with Crippen molar-refractivity contribution in [3.63, 3.8) is 0 Å². The van der Waals surface area contributed by atoms with Crippen LogP contribution in [0.2, 0.25) is 0 Å². The summed E-state index contributed by atoms with van der Waals surface area (Å²) < 4.78 is 33.7. The Kier molecular flexibility index (Phi) is 6.64. The van der Waals surface area contributed by atoms with Crippen LogP contribution in [0.4, 0.5) is 0 Å². The maximum absolute atomic E-state index is 13.3. The summed E-state index contributed by atoms with van der Waals surface area (Å²) in [5, 5.41) is 4.49. The van der Waals surface area contributed by atoms with Crippen molar-refractivity contribution in [3.05, 3.63) is 81.5 Å². The van der Waals surface area contributed by atoms with Crippen LogP contribution in [-0.4, -0.2) is 31.3 Å². The van der Waals surface area contributed by atoms with Crippen molar-refractivity contribution in [2.75, 3.05) is 6.54 Å². The van der Waals surface area contributed by atoms with E-state index in [9.17, 15) is 13.2 Å².